The van der Waals surface area contributed by atoms with Crippen molar-refractivity contribution in [3.63, 3.8) is 0 Å². The van der Waals surface area contributed by atoms with Crippen LogP contribution in [0.3, 0.4) is 0 Å². The molecule has 2 aliphatic rings. The summed E-state index contributed by atoms with van der Waals surface area (Å²) in [6.07, 6.45) is 0. The number of hydrogen-bond donors (Lipinski definition) is 6. The number of aromatic hydroxyl groups is 2. The predicted octanol–water partition coefficient (Wildman–Crippen LogP) is 0.749. The Morgan fingerprint density at radius 2 is 1.73 bits per heavy atom. The molecule has 1 unspecified atom stereocenters. The molecule has 1 saturated heterocycles. The monoisotopic (exact) mass is 697 g/mol. The largest absolute Gasteiger partial charge is 0.504 e. The summed E-state index contributed by atoms with van der Waals surface area (Å²) in [4.78, 5) is 89.2. The molecule has 3 heterocycles. The third-order valence-corrected chi connectivity index (χ3v) is 8.84. The van der Waals surface area contributed by atoms with Gasteiger partial charge in [0.2, 0.25) is 11.3 Å². The van der Waals surface area contributed by atoms with Crippen LogP contribution in [0.1, 0.15) is 34.6 Å². The van der Waals surface area contributed by atoms with E-state index >= 15 is 0 Å². The van der Waals surface area contributed by atoms with Gasteiger partial charge in [-0.3, -0.25) is 28.9 Å². The fourth-order valence-electron chi connectivity index (χ4n) is 5.22. The molecule has 18 heteroatoms. The van der Waals surface area contributed by atoms with Crippen molar-refractivity contribution in [3.05, 3.63) is 74.8 Å². The Morgan fingerprint density at radius 1 is 1.06 bits per heavy atom. The highest BCUT2D eigenvalue weighted by Gasteiger charge is 2.54. The second kappa shape index (κ2) is 13.6. The van der Waals surface area contributed by atoms with E-state index in [1.807, 2.05) is 0 Å². The second-order valence-electron chi connectivity index (χ2n) is 10.8. The van der Waals surface area contributed by atoms with Gasteiger partial charge in [-0.05, 0) is 30.7 Å². The van der Waals surface area contributed by atoms with Gasteiger partial charge in [-0.1, -0.05) is 12.1 Å². The summed E-state index contributed by atoms with van der Waals surface area (Å²) in [5, 5.41) is 42.3. The lowest BCUT2D eigenvalue weighted by atomic mass is 10.0. The number of phenols is 2. The topological polar surface area (TPSA) is 259 Å². The zero-order valence-electron chi connectivity index (χ0n) is 25.5. The Morgan fingerprint density at radius 3 is 2.37 bits per heavy atom. The van der Waals surface area contributed by atoms with Gasteiger partial charge >= 0.3 is 17.9 Å². The second-order valence-corrected chi connectivity index (χ2v) is 11.9. The van der Waals surface area contributed by atoms with Crippen molar-refractivity contribution in [2.75, 3.05) is 19.0 Å². The van der Waals surface area contributed by atoms with Crippen LogP contribution in [0.4, 0.5) is 0 Å². The van der Waals surface area contributed by atoms with Gasteiger partial charge in [0, 0.05) is 24.3 Å². The standard InChI is InChI=1S/C31H27N3O14S/c1-12-22(26(40)17-7-18(36)19(37)8-20(17)48-12)27(41)32-23(14-3-5-16(6-4-14)47-10-21(38)39)28(42)33-24-29(43)34-25(31(44)45)15(9-46-13(2)35)11-49-30(24)34/h3-8,23-24,30,36-37H,9-11H2,1-2H3,(H,32,41)(H,33,42)(H,38,39)(H,44,45)/t23?,24-,30+/m1/s1. The van der Waals surface area contributed by atoms with Crippen molar-refractivity contribution in [2.24, 2.45) is 0 Å². The van der Waals surface area contributed by atoms with Crippen LogP contribution in [0.2, 0.25) is 0 Å². The van der Waals surface area contributed by atoms with E-state index in [1.54, 1.807) is 0 Å². The number of hydrogen-bond acceptors (Lipinski definition) is 13. The maximum Gasteiger partial charge on any atom is 0.352 e. The molecule has 1 aromatic heterocycles. The maximum absolute atomic E-state index is 13.8. The number of rotatable bonds is 11. The molecule has 0 spiro atoms. The van der Waals surface area contributed by atoms with E-state index in [0.29, 0.717) is 0 Å². The van der Waals surface area contributed by atoms with E-state index in [1.165, 1.54) is 31.2 Å². The summed E-state index contributed by atoms with van der Waals surface area (Å²) in [5.74, 6) is -7.30. The van der Waals surface area contributed by atoms with Crippen molar-refractivity contribution < 1.29 is 63.1 Å². The molecule has 256 valence electrons. The number of ether oxygens (including phenoxy) is 2. The van der Waals surface area contributed by atoms with Crippen molar-refractivity contribution >= 4 is 58.4 Å². The zero-order valence-corrected chi connectivity index (χ0v) is 26.4. The first-order valence-electron chi connectivity index (χ1n) is 14.3. The third-order valence-electron chi connectivity index (χ3n) is 7.50. The van der Waals surface area contributed by atoms with Gasteiger partial charge in [0.1, 0.15) is 52.4 Å². The number of benzene rings is 2. The molecule has 49 heavy (non-hydrogen) atoms. The molecule has 0 aliphatic carbocycles. The Kier molecular flexibility index (Phi) is 9.52. The van der Waals surface area contributed by atoms with Crippen LogP contribution in [0, 0.1) is 6.92 Å². The highest BCUT2D eigenvalue weighted by molar-refractivity contribution is 8.00. The summed E-state index contributed by atoms with van der Waals surface area (Å²) in [5.41, 5.74) is -1.60. The lowest BCUT2D eigenvalue weighted by molar-refractivity contribution is -0.151. The number of carbonyl (C=O) groups excluding carboxylic acids is 4. The number of aryl methyl sites for hydroxylation is 1. The lowest BCUT2D eigenvalue weighted by Gasteiger charge is -2.49. The first kappa shape index (κ1) is 34.3. The number of nitrogens with zero attached hydrogens (tertiary/aromatic N) is 1. The number of esters is 1. The zero-order chi connectivity index (χ0) is 35.7. The minimum absolute atomic E-state index is 0.0675. The van der Waals surface area contributed by atoms with Crippen molar-refractivity contribution in [1.82, 2.24) is 15.5 Å². The molecule has 6 N–H and O–H groups in total. The Bertz CT molecular complexity index is 2000. The SMILES string of the molecule is CC(=O)OCC1=C(C(=O)O)N2C(=O)[C@@H](NC(=O)C(NC(=O)c3c(C)oc4cc(O)c(O)cc4c3=O)c3ccc(OCC(=O)O)cc3)[C@@H]2SC1. The van der Waals surface area contributed by atoms with Gasteiger partial charge in [-0.25, -0.2) is 9.59 Å². The quantitative estimate of drug-likeness (QED) is 0.0918. The molecule has 0 bridgehead atoms. The Labute approximate surface area is 279 Å². The van der Waals surface area contributed by atoms with E-state index in [-0.39, 0.29) is 51.7 Å². The number of aliphatic carboxylic acids is 2. The van der Waals surface area contributed by atoms with Crippen LogP contribution in [0.5, 0.6) is 17.2 Å². The average molecular weight is 698 g/mol. The molecule has 0 radical (unpaired) electrons. The van der Waals surface area contributed by atoms with E-state index in [4.69, 9.17) is 19.0 Å². The minimum Gasteiger partial charge on any atom is -0.504 e. The predicted molar refractivity (Wildman–Crippen MR) is 167 cm³/mol. The molecular formula is C31H27N3O14S. The van der Waals surface area contributed by atoms with Crippen LogP contribution in [-0.4, -0.2) is 91.3 Å². The van der Waals surface area contributed by atoms with Crippen LogP contribution >= 0.6 is 11.8 Å². The number of carboxylic acid groups (broad SMARTS) is 2. The first-order valence-corrected chi connectivity index (χ1v) is 15.3. The van der Waals surface area contributed by atoms with Gasteiger partial charge in [0.05, 0.1) is 5.39 Å². The number of carboxylic acids is 2. The first-order chi connectivity index (χ1) is 23.2. The van der Waals surface area contributed by atoms with E-state index < -0.39 is 82.2 Å². The van der Waals surface area contributed by atoms with Crippen molar-refractivity contribution in [3.8, 4) is 17.2 Å². The fourth-order valence-corrected chi connectivity index (χ4v) is 6.55. The van der Waals surface area contributed by atoms with Crippen molar-refractivity contribution in [1.29, 1.82) is 0 Å². The molecule has 5 rings (SSSR count). The van der Waals surface area contributed by atoms with E-state index in [2.05, 4.69) is 10.6 Å². The summed E-state index contributed by atoms with van der Waals surface area (Å²) in [6, 6.07) is 4.45. The molecule has 3 atom stereocenters. The van der Waals surface area contributed by atoms with Crippen molar-refractivity contribution in [2.45, 2.75) is 31.3 Å². The molecule has 3 aromatic rings. The summed E-state index contributed by atoms with van der Waals surface area (Å²) in [7, 11) is 0. The summed E-state index contributed by atoms with van der Waals surface area (Å²) < 4.78 is 15.6. The van der Waals surface area contributed by atoms with E-state index in [9.17, 15) is 48.9 Å². The van der Waals surface area contributed by atoms with Crippen LogP contribution < -0.4 is 20.8 Å². The summed E-state index contributed by atoms with van der Waals surface area (Å²) in [6.45, 7) is 1.45. The molecular weight excluding hydrogens is 670 g/mol. The Balaban J connectivity index is 1.44. The minimum atomic E-state index is -1.58. The smallest absolute Gasteiger partial charge is 0.352 e. The number of carbonyl (C=O) groups is 6. The molecule has 0 saturated carbocycles. The van der Waals surface area contributed by atoms with Gasteiger partial charge < -0.3 is 45.0 Å². The molecule has 1 fully saturated rings. The number of nitrogens with one attached hydrogen (secondary N) is 2. The summed E-state index contributed by atoms with van der Waals surface area (Å²) >= 11 is 1.12. The van der Waals surface area contributed by atoms with Gasteiger partial charge in [-0.15, -0.1) is 11.8 Å². The van der Waals surface area contributed by atoms with Crippen LogP contribution in [0.25, 0.3) is 11.0 Å². The Hall–Kier alpha value is -6.04. The normalized spacial score (nSPS) is 17.4. The maximum atomic E-state index is 13.8. The molecule has 2 aliphatic heterocycles. The fraction of sp³-hybridized carbons (Fsp3) is 0.258. The van der Waals surface area contributed by atoms with Gasteiger partial charge in [0.15, 0.2) is 18.1 Å². The van der Waals surface area contributed by atoms with Crippen LogP contribution in [0.15, 0.2) is 56.9 Å². The average Bonchev–Trinajstić information content (AvgIpc) is 3.04. The number of fused-ring (bicyclic) bond motifs is 2. The van der Waals surface area contributed by atoms with Gasteiger partial charge in [-0.2, -0.15) is 0 Å². The number of phenolic OH excluding ortho intramolecular Hbond substituents is 2. The third kappa shape index (κ3) is 6.84. The highest BCUT2D eigenvalue weighted by atomic mass is 32.2. The number of thioether (sulfide) groups is 1. The molecule has 3 amide bonds. The number of amides is 3. The van der Waals surface area contributed by atoms with E-state index in [0.717, 1.165) is 35.7 Å². The van der Waals surface area contributed by atoms with Gasteiger partial charge in [0.25, 0.3) is 11.8 Å². The molecule has 2 aromatic carbocycles. The lowest BCUT2D eigenvalue weighted by Crippen LogP contribution is -2.71. The highest BCUT2D eigenvalue weighted by Crippen LogP contribution is 2.40. The molecule has 17 nitrogen and oxygen atoms in total. The van der Waals surface area contributed by atoms with Crippen LogP contribution in [-0.2, 0) is 28.7 Å². The number of β-lactam (4-membered cyclic amide) rings is 1.